The van der Waals surface area contributed by atoms with Crippen LogP contribution in [0.3, 0.4) is 0 Å². The average molecular weight is 147 g/mol. The second-order valence-corrected chi connectivity index (χ2v) is 9.99. The summed E-state index contributed by atoms with van der Waals surface area (Å²) in [5.41, 5.74) is 0. The minimum atomic E-state index is -0.544. The van der Waals surface area contributed by atoms with Gasteiger partial charge in [-0.25, -0.2) is 0 Å². The molecule has 0 saturated carbocycles. The molecule has 0 aliphatic carbocycles. The van der Waals surface area contributed by atoms with Crippen molar-refractivity contribution >= 4 is 14.3 Å². The third-order valence-electron chi connectivity index (χ3n) is 1.39. The van der Waals surface area contributed by atoms with Gasteiger partial charge in [-0.1, -0.05) is 0 Å². The van der Waals surface area contributed by atoms with Crippen LogP contribution in [0.15, 0.2) is 0 Å². The molecule has 0 aromatic rings. The summed E-state index contributed by atoms with van der Waals surface area (Å²) >= 11 is -0.544. The summed E-state index contributed by atoms with van der Waals surface area (Å²) in [6, 6.07) is 0. The van der Waals surface area contributed by atoms with E-state index in [-0.39, 0.29) is 0 Å². The molecular formula is C5H14Ge. The summed E-state index contributed by atoms with van der Waals surface area (Å²) in [6.45, 7) is 4.63. The monoisotopic (exact) mass is 148 g/mol. The first-order chi connectivity index (χ1) is 2.81. The van der Waals surface area contributed by atoms with Crippen LogP contribution in [0.4, 0.5) is 0 Å². The summed E-state index contributed by atoms with van der Waals surface area (Å²) in [5, 5.41) is 3.03. The first kappa shape index (κ1) is 6.54. The fraction of sp³-hybridized carbons (Fsp3) is 1.00. The summed E-state index contributed by atoms with van der Waals surface area (Å²) in [5.74, 6) is 2.47. The van der Waals surface area contributed by atoms with E-state index in [1.165, 1.54) is 10.5 Å². The van der Waals surface area contributed by atoms with Crippen molar-refractivity contribution in [2.45, 2.75) is 30.1 Å². The third-order valence-corrected chi connectivity index (χ3v) is 7.24. The average Bonchev–Trinajstić information content (AvgIpc) is 1.65. The number of hydrogen-bond donors (Lipinski definition) is 0. The Bertz CT molecular complexity index is 23.1. The van der Waals surface area contributed by atoms with Gasteiger partial charge in [-0.2, -0.15) is 0 Å². The van der Waals surface area contributed by atoms with Crippen LogP contribution >= 0.6 is 0 Å². The van der Waals surface area contributed by atoms with Crippen molar-refractivity contribution in [1.82, 2.24) is 0 Å². The van der Waals surface area contributed by atoms with Crippen LogP contribution in [0.5, 0.6) is 0 Å². The van der Waals surface area contributed by atoms with Crippen molar-refractivity contribution in [2.24, 2.45) is 0 Å². The van der Waals surface area contributed by atoms with Gasteiger partial charge in [0.1, 0.15) is 0 Å². The third kappa shape index (κ3) is 2.76. The first-order valence-corrected chi connectivity index (χ1v) is 8.66. The Morgan fingerprint density at radius 2 is 1.50 bits per heavy atom. The summed E-state index contributed by atoms with van der Waals surface area (Å²) in [4.78, 5) is 0. The molecule has 38 valence electrons. The Morgan fingerprint density at radius 1 is 1.17 bits per heavy atom. The molecule has 0 amide bonds. The summed E-state index contributed by atoms with van der Waals surface area (Å²) < 4.78 is 0. The Balaban J connectivity index is 2.75. The molecule has 0 atom stereocenters. The summed E-state index contributed by atoms with van der Waals surface area (Å²) in [6.07, 6.45) is 0. The van der Waals surface area contributed by atoms with Gasteiger partial charge in [-0.15, -0.1) is 0 Å². The molecule has 0 rings (SSSR count). The van der Waals surface area contributed by atoms with Crippen LogP contribution in [0.1, 0.15) is 13.8 Å². The molecule has 0 spiro atoms. The molecule has 0 aliphatic heterocycles. The van der Waals surface area contributed by atoms with Crippen LogP contribution in [0.2, 0.25) is 16.3 Å². The van der Waals surface area contributed by atoms with Crippen LogP contribution in [0.25, 0.3) is 0 Å². The van der Waals surface area contributed by atoms with E-state index in [0.29, 0.717) is 0 Å². The van der Waals surface area contributed by atoms with E-state index in [0.717, 1.165) is 0 Å². The second kappa shape index (κ2) is 3.72. The zero-order valence-corrected chi connectivity index (χ0v) is 7.41. The van der Waals surface area contributed by atoms with Gasteiger partial charge < -0.3 is 0 Å². The maximum atomic E-state index is 2.47. The Labute approximate surface area is 45.0 Å². The van der Waals surface area contributed by atoms with E-state index in [1.54, 1.807) is 0 Å². The van der Waals surface area contributed by atoms with E-state index in [9.17, 15) is 0 Å². The molecule has 0 radical (unpaired) electrons. The molecule has 1 heteroatoms. The van der Waals surface area contributed by atoms with Crippen LogP contribution in [-0.4, -0.2) is 14.3 Å². The van der Waals surface area contributed by atoms with Gasteiger partial charge in [0.15, 0.2) is 0 Å². The topological polar surface area (TPSA) is 0 Å². The molecular weight excluding hydrogens is 133 g/mol. The van der Waals surface area contributed by atoms with Crippen LogP contribution < -0.4 is 0 Å². The quantitative estimate of drug-likeness (QED) is 0.522. The van der Waals surface area contributed by atoms with Gasteiger partial charge in [-0.05, 0) is 0 Å². The molecule has 0 saturated heterocycles. The van der Waals surface area contributed by atoms with Crippen molar-refractivity contribution in [3.05, 3.63) is 0 Å². The van der Waals surface area contributed by atoms with Gasteiger partial charge >= 0.3 is 44.5 Å². The molecule has 0 nitrogen and oxygen atoms in total. The van der Waals surface area contributed by atoms with E-state index in [1.807, 2.05) is 0 Å². The van der Waals surface area contributed by atoms with Crippen molar-refractivity contribution in [3.63, 3.8) is 0 Å². The Kier molecular flexibility index (Phi) is 4.06. The maximum absolute atomic E-state index is 2.47. The van der Waals surface area contributed by atoms with Crippen molar-refractivity contribution in [2.75, 3.05) is 0 Å². The molecule has 0 aliphatic rings. The normalized spacial score (nSPS) is 10.0. The van der Waals surface area contributed by atoms with Crippen LogP contribution in [-0.2, 0) is 0 Å². The number of rotatable bonds is 2. The van der Waals surface area contributed by atoms with E-state index in [4.69, 9.17) is 0 Å². The van der Waals surface area contributed by atoms with E-state index in [2.05, 4.69) is 19.6 Å². The number of hydrogen-bond acceptors (Lipinski definition) is 0. The second-order valence-electron chi connectivity index (χ2n) is 1.92. The van der Waals surface area contributed by atoms with Crippen molar-refractivity contribution in [3.8, 4) is 0 Å². The van der Waals surface area contributed by atoms with Crippen molar-refractivity contribution in [1.29, 1.82) is 0 Å². The minimum absolute atomic E-state index is 0.544. The van der Waals surface area contributed by atoms with Gasteiger partial charge in [0, 0.05) is 0 Å². The summed E-state index contributed by atoms with van der Waals surface area (Å²) in [7, 11) is 0. The Morgan fingerprint density at radius 3 is 1.50 bits per heavy atom. The van der Waals surface area contributed by atoms with E-state index >= 15 is 0 Å². The standard InChI is InChI=1S/C5H14Ge/c1-4-6(3)5-2/h6H,4-5H2,1-3H3. The first-order valence-electron chi connectivity index (χ1n) is 2.81. The molecule has 0 N–H and O–H groups in total. The van der Waals surface area contributed by atoms with Gasteiger partial charge in [0.2, 0.25) is 0 Å². The molecule has 0 heterocycles. The van der Waals surface area contributed by atoms with Crippen LogP contribution in [0, 0.1) is 0 Å². The predicted octanol–water partition coefficient (Wildman–Crippen LogP) is 1.88. The molecule has 0 unspecified atom stereocenters. The van der Waals surface area contributed by atoms with Gasteiger partial charge in [0.05, 0.1) is 0 Å². The molecule has 0 bridgehead atoms. The predicted molar refractivity (Wildman–Crippen MR) is 34.0 cm³/mol. The SMILES string of the molecule is C[CH2][GeH]([CH3])[CH2]C. The van der Waals surface area contributed by atoms with Gasteiger partial charge in [0.25, 0.3) is 0 Å². The molecule has 6 heavy (non-hydrogen) atoms. The fourth-order valence-corrected chi connectivity index (χ4v) is 1.50. The molecule has 0 fully saturated rings. The molecule has 0 aromatic heterocycles. The zero-order valence-electron chi connectivity index (χ0n) is 4.99. The molecule has 0 aromatic carbocycles. The van der Waals surface area contributed by atoms with Crippen molar-refractivity contribution < 1.29 is 0 Å². The Hall–Kier alpha value is 0.543. The van der Waals surface area contributed by atoms with Gasteiger partial charge in [-0.3, -0.25) is 0 Å². The zero-order chi connectivity index (χ0) is 4.99. The van der Waals surface area contributed by atoms with E-state index < -0.39 is 14.3 Å². The fourth-order valence-electron chi connectivity index (χ4n) is 0.289.